The number of para-hydroxylation sites is 1. The Morgan fingerprint density at radius 2 is 2.10 bits per heavy atom. The molecule has 0 radical (unpaired) electrons. The highest BCUT2D eigenvalue weighted by atomic mass is 19.4. The van der Waals surface area contributed by atoms with Gasteiger partial charge in [0.05, 0.1) is 11.5 Å². The average molecular weight is 293 g/mol. The SMILES string of the molecule is CNc1cccc(N(CCO)CC(F)(F)F)c1[N+](=O)[O-]. The number of aliphatic hydroxyl groups excluding tert-OH is 1. The molecule has 0 fully saturated rings. The fraction of sp³-hybridized carbons (Fsp3) is 0.455. The third kappa shape index (κ3) is 3.98. The van der Waals surface area contributed by atoms with Gasteiger partial charge in [0.15, 0.2) is 0 Å². The third-order valence-electron chi connectivity index (χ3n) is 2.55. The van der Waals surface area contributed by atoms with E-state index < -0.39 is 29.9 Å². The average Bonchev–Trinajstić information content (AvgIpc) is 2.35. The van der Waals surface area contributed by atoms with Gasteiger partial charge >= 0.3 is 11.9 Å². The van der Waals surface area contributed by atoms with Crippen LogP contribution >= 0.6 is 0 Å². The molecule has 0 spiro atoms. The molecule has 0 aliphatic rings. The smallest absolute Gasteiger partial charge is 0.395 e. The molecule has 0 aromatic heterocycles. The van der Waals surface area contributed by atoms with E-state index in [0.717, 1.165) is 4.90 Å². The van der Waals surface area contributed by atoms with Gasteiger partial charge in [-0.3, -0.25) is 10.1 Å². The van der Waals surface area contributed by atoms with E-state index in [1.165, 1.54) is 25.2 Å². The number of nitro benzene ring substituents is 1. The Balaban J connectivity index is 3.28. The Bertz CT molecular complexity index is 480. The van der Waals surface area contributed by atoms with Crippen LogP contribution in [-0.2, 0) is 0 Å². The van der Waals surface area contributed by atoms with Crippen molar-refractivity contribution in [2.75, 3.05) is 37.0 Å². The minimum absolute atomic E-state index is 0.109. The maximum atomic E-state index is 12.5. The molecule has 1 aromatic carbocycles. The number of hydrogen-bond acceptors (Lipinski definition) is 5. The monoisotopic (exact) mass is 293 g/mol. The summed E-state index contributed by atoms with van der Waals surface area (Å²) in [6.45, 7) is -2.27. The first kappa shape index (κ1) is 16.0. The largest absolute Gasteiger partial charge is 0.405 e. The van der Waals surface area contributed by atoms with E-state index in [9.17, 15) is 23.3 Å². The van der Waals surface area contributed by atoms with Crippen LogP contribution in [0.5, 0.6) is 0 Å². The predicted molar refractivity (Wildman–Crippen MR) is 68.0 cm³/mol. The first-order valence-electron chi connectivity index (χ1n) is 5.68. The third-order valence-corrected chi connectivity index (χ3v) is 2.55. The molecule has 0 amide bonds. The summed E-state index contributed by atoms with van der Waals surface area (Å²) < 4.78 is 37.6. The molecule has 2 N–H and O–H groups in total. The molecule has 9 heteroatoms. The quantitative estimate of drug-likeness (QED) is 0.619. The number of rotatable bonds is 6. The molecule has 0 aliphatic carbocycles. The van der Waals surface area contributed by atoms with Gasteiger partial charge in [0.2, 0.25) is 0 Å². The minimum atomic E-state index is -4.53. The lowest BCUT2D eigenvalue weighted by molar-refractivity contribution is -0.383. The van der Waals surface area contributed by atoms with Gasteiger partial charge in [0.25, 0.3) is 0 Å². The standard InChI is InChI=1S/C11H14F3N3O3/c1-15-8-3-2-4-9(10(8)17(19)20)16(5-6-18)7-11(12,13)14/h2-4,15,18H,5-7H2,1H3. The van der Waals surface area contributed by atoms with E-state index in [1.54, 1.807) is 0 Å². The van der Waals surface area contributed by atoms with Crippen molar-refractivity contribution in [3.63, 3.8) is 0 Å². The molecule has 20 heavy (non-hydrogen) atoms. The molecule has 6 nitrogen and oxygen atoms in total. The number of hydrogen-bond donors (Lipinski definition) is 2. The fourth-order valence-corrected chi connectivity index (χ4v) is 1.80. The van der Waals surface area contributed by atoms with Crippen LogP contribution < -0.4 is 10.2 Å². The molecule has 0 aliphatic heterocycles. The number of nitrogens with one attached hydrogen (secondary N) is 1. The maximum Gasteiger partial charge on any atom is 0.405 e. The number of nitrogens with zero attached hydrogens (tertiary/aromatic N) is 2. The zero-order valence-electron chi connectivity index (χ0n) is 10.6. The molecule has 0 atom stereocenters. The predicted octanol–water partition coefficient (Wildman–Crippen LogP) is 2.00. The molecule has 0 saturated heterocycles. The lowest BCUT2D eigenvalue weighted by Crippen LogP contribution is -2.36. The Morgan fingerprint density at radius 3 is 2.55 bits per heavy atom. The number of halogens is 3. The van der Waals surface area contributed by atoms with Crippen LogP contribution in [0.15, 0.2) is 18.2 Å². The molecular formula is C11H14F3N3O3. The van der Waals surface area contributed by atoms with E-state index in [-0.39, 0.29) is 17.9 Å². The molecule has 1 rings (SSSR count). The Hall–Kier alpha value is -2.03. The van der Waals surface area contributed by atoms with Crippen LogP contribution in [-0.4, -0.2) is 43.0 Å². The fourth-order valence-electron chi connectivity index (χ4n) is 1.80. The molecule has 112 valence electrons. The second kappa shape index (κ2) is 6.42. The summed E-state index contributed by atoms with van der Waals surface area (Å²) in [5.41, 5.74) is -0.529. The van der Waals surface area contributed by atoms with Crippen LogP contribution in [0, 0.1) is 10.1 Å². The molecule has 1 aromatic rings. The zero-order valence-corrected chi connectivity index (χ0v) is 10.6. The number of alkyl halides is 3. The summed E-state index contributed by atoms with van der Waals surface area (Å²) in [5, 5.41) is 22.5. The van der Waals surface area contributed by atoms with E-state index in [4.69, 9.17) is 5.11 Å². The van der Waals surface area contributed by atoms with Crippen molar-refractivity contribution in [3.05, 3.63) is 28.3 Å². The van der Waals surface area contributed by atoms with Crippen molar-refractivity contribution in [1.82, 2.24) is 0 Å². The van der Waals surface area contributed by atoms with Crippen LogP contribution in [0.2, 0.25) is 0 Å². The Labute approximate surface area is 113 Å². The highest BCUT2D eigenvalue weighted by Crippen LogP contribution is 2.36. The van der Waals surface area contributed by atoms with Crippen molar-refractivity contribution < 1.29 is 23.2 Å². The lowest BCUT2D eigenvalue weighted by atomic mass is 10.2. The number of anilines is 2. The van der Waals surface area contributed by atoms with Gasteiger partial charge in [-0.25, -0.2) is 0 Å². The van der Waals surface area contributed by atoms with Gasteiger partial charge < -0.3 is 15.3 Å². The van der Waals surface area contributed by atoms with E-state index in [1.807, 2.05) is 0 Å². The summed E-state index contributed by atoms with van der Waals surface area (Å²) >= 11 is 0. The molecule has 0 bridgehead atoms. The van der Waals surface area contributed by atoms with E-state index in [0.29, 0.717) is 0 Å². The summed E-state index contributed by atoms with van der Waals surface area (Å²) in [5.74, 6) is 0. The van der Waals surface area contributed by atoms with Crippen LogP contribution in [0.1, 0.15) is 0 Å². The van der Waals surface area contributed by atoms with Gasteiger partial charge in [-0.15, -0.1) is 0 Å². The Morgan fingerprint density at radius 1 is 1.45 bits per heavy atom. The first-order chi connectivity index (χ1) is 9.30. The lowest BCUT2D eigenvalue weighted by Gasteiger charge is -2.25. The maximum absolute atomic E-state index is 12.5. The topological polar surface area (TPSA) is 78.6 Å². The van der Waals surface area contributed by atoms with Gasteiger partial charge in [0, 0.05) is 13.6 Å². The van der Waals surface area contributed by atoms with E-state index in [2.05, 4.69) is 5.32 Å². The van der Waals surface area contributed by atoms with Gasteiger partial charge in [-0.1, -0.05) is 6.07 Å². The van der Waals surface area contributed by atoms with E-state index >= 15 is 0 Å². The molecular weight excluding hydrogens is 279 g/mol. The van der Waals surface area contributed by atoms with Crippen molar-refractivity contribution in [2.45, 2.75) is 6.18 Å². The number of nitro groups is 1. The number of benzene rings is 1. The van der Waals surface area contributed by atoms with Crippen LogP contribution in [0.25, 0.3) is 0 Å². The highest BCUT2D eigenvalue weighted by Gasteiger charge is 2.33. The van der Waals surface area contributed by atoms with Gasteiger partial charge in [0.1, 0.15) is 17.9 Å². The van der Waals surface area contributed by atoms with Gasteiger partial charge in [-0.05, 0) is 12.1 Å². The molecule has 0 heterocycles. The van der Waals surface area contributed by atoms with Gasteiger partial charge in [-0.2, -0.15) is 13.2 Å². The summed E-state index contributed by atoms with van der Waals surface area (Å²) in [7, 11) is 1.44. The van der Waals surface area contributed by atoms with Crippen LogP contribution in [0.3, 0.4) is 0 Å². The Kier molecular flexibility index (Phi) is 5.14. The zero-order chi connectivity index (χ0) is 15.3. The van der Waals surface area contributed by atoms with Crippen LogP contribution in [0.4, 0.5) is 30.2 Å². The normalized spacial score (nSPS) is 11.2. The number of aliphatic hydroxyl groups is 1. The van der Waals surface area contributed by atoms with Crippen molar-refractivity contribution in [2.24, 2.45) is 0 Å². The summed E-state index contributed by atoms with van der Waals surface area (Å²) in [6, 6.07) is 4.03. The van der Waals surface area contributed by atoms with Crippen molar-refractivity contribution >= 4 is 17.1 Å². The molecule has 0 unspecified atom stereocenters. The first-order valence-corrected chi connectivity index (χ1v) is 5.68. The highest BCUT2D eigenvalue weighted by molar-refractivity contribution is 5.77. The second-order valence-corrected chi connectivity index (χ2v) is 3.94. The second-order valence-electron chi connectivity index (χ2n) is 3.94. The summed E-state index contributed by atoms with van der Waals surface area (Å²) in [4.78, 5) is 11.1. The molecule has 0 saturated carbocycles. The van der Waals surface area contributed by atoms with Crippen molar-refractivity contribution in [3.8, 4) is 0 Å². The minimum Gasteiger partial charge on any atom is -0.395 e. The van der Waals surface area contributed by atoms with Crippen molar-refractivity contribution in [1.29, 1.82) is 0 Å². The summed E-state index contributed by atoms with van der Waals surface area (Å²) in [6.07, 6.45) is -4.53.